The molecule has 0 radical (unpaired) electrons. The van der Waals surface area contributed by atoms with Crippen LogP contribution in [0.4, 0.5) is 0 Å². The van der Waals surface area contributed by atoms with E-state index in [4.69, 9.17) is 0 Å². The normalized spacial score (nSPS) is 17.8. The van der Waals surface area contributed by atoms with Crippen LogP contribution in [-0.4, -0.2) is 52.8 Å². The number of benzene rings is 1. The number of carbonyl (C=O) groups is 2. The molecule has 0 N–H and O–H groups in total. The molecule has 1 aromatic carbocycles. The molecule has 2 amide bonds. The predicted octanol–water partition coefficient (Wildman–Crippen LogP) is 2.82. The van der Waals surface area contributed by atoms with E-state index in [-0.39, 0.29) is 17.7 Å². The fraction of sp³-hybridized carbons (Fsp3) is 0.450. The van der Waals surface area contributed by atoms with Crippen LogP contribution in [0.15, 0.2) is 35.7 Å². The van der Waals surface area contributed by atoms with Gasteiger partial charge in [0.1, 0.15) is 5.01 Å². The molecule has 6 heteroatoms. The lowest BCUT2D eigenvalue weighted by Crippen LogP contribution is -2.38. The second kappa shape index (κ2) is 7.58. The molecule has 26 heavy (non-hydrogen) atoms. The highest BCUT2D eigenvalue weighted by Gasteiger charge is 2.34. The summed E-state index contributed by atoms with van der Waals surface area (Å²) >= 11 is 1.58. The molecule has 5 nitrogen and oxygen atoms in total. The Hall–Kier alpha value is -2.21. The van der Waals surface area contributed by atoms with Crippen molar-refractivity contribution >= 4 is 23.2 Å². The SMILES string of the molecule is O=C(Cc1csc(-c2ccccc2)n1)N1CCCN(C(=O)C2CC2)CC1. The van der Waals surface area contributed by atoms with E-state index >= 15 is 0 Å². The maximum atomic E-state index is 12.7. The quantitative estimate of drug-likeness (QED) is 0.833. The highest BCUT2D eigenvalue weighted by atomic mass is 32.1. The Balaban J connectivity index is 1.34. The first-order chi connectivity index (χ1) is 12.7. The molecule has 1 aromatic heterocycles. The summed E-state index contributed by atoms with van der Waals surface area (Å²) in [5.74, 6) is 0.644. The molecule has 1 aliphatic carbocycles. The molecule has 4 rings (SSSR count). The van der Waals surface area contributed by atoms with Gasteiger partial charge < -0.3 is 9.80 Å². The summed E-state index contributed by atoms with van der Waals surface area (Å²) in [6, 6.07) is 10.0. The van der Waals surface area contributed by atoms with Crippen LogP contribution < -0.4 is 0 Å². The van der Waals surface area contributed by atoms with Crippen molar-refractivity contribution in [3.63, 3.8) is 0 Å². The summed E-state index contributed by atoms with van der Waals surface area (Å²) in [5, 5.41) is 2.92. The van der Waals surface area contributed by atoms with Crippen molar-refractivity contribution in [2.45, 2.75) is 25.7 Å². The average molecular weight is 369 g/mol. The van der Waals surface area contributed by atoms with E-state index in [0.717, 1.165) is 48.6 Å². The Morgan fingerprint density at radius 3 is 2.54 bits per heavy atom. The summed E-state index contributed by atoms with van der Waals surface area (Å²) in [7, 11) is 0. The zero-order chi connectivity index (χ0) is 17.9. The first-order valence-electron chi connectivity index (χ1n) is 9.27. The van der Waals surface area contributed by atoms with Crippen LogP contribution in [0.3, 0.4) is 0 Å². The smallest absolute Gasteiger partial charge is 0.228 e. The molecular weight excluding hydrogens is 346 g/mol. The predicted molar refractivity (Wildman–Crippen MR) is 102 cm³/mol. The van der Waals surface area contributed by atoms with Crippen LogP contribution in [0.1, 0.15) is 25.0 Å². The van der Waals surface area contributed by atoms with Crippen LogP contribution in [0.25, 0.3) is 10.6 Å². The van der Waals surface area contributed by atoms with Crippen molar-refractivity contribution < 1.29 is 9.59 Å². The average Bonchev–Trinajstić information content (AvgIpc) is 3.45. The van der Waals surface area contributed by atoms with Gasteiger partial charge in [0.2, 0.25) is 11.8 Å². The molecule has 1 saturated carbocycles. The third-order valence-electron chi connectivity index (χ3n) is 4.99. The van der Waals surface area contributed by atoms with Gasteiger partial charge in [-0.1, -0.05) is 30.3 Å². The van der Waals surface area contributed by atoms with Crippen LogP contribution in [-0.2, 0) is 16.0 Å². The first-order valence-corrected chi connectivity index (χ1v) is 10.1. The Morgan fingerprint density at radius 2 is 1.77 bits per heavy atom. The van der Waals surface area contributed by atoms with Crippen molar-refractivity contribution in [3.8, 4) is 10.6 Å². The van der Waals surface area contributed by atoms with Gasteiger partial charge in [0.25, 0.3) is 0 Å². The summed E-state index contributed by atoms with van der Waals surface area (Å²) in [4.78, 5) is 33.4. The van der Waals surface area contributed by atoms with Gasteiger partial charge in [-0.25, -0.2) is 4.98 Å². The van der Waals surface area contributed by atoms with Crippen LogP contribution in [0, 0.1) is 5.92 Å². The van der Waals surface area contributed by atoms with Gasteiger partial charge in [-0.3, -0.25) is 9.59 Å². The maximum absolute atomic E-state index is 12.7. The van der Waals surface area contributed by atoms with E-state index in [1.807, 2.05) is 45.5 Å². The van der Waals surface area contributed by atoms with E-state index in [2.05, 4.69) is 4.98 Å². The van der Waals surface area contributed by atoms with Crippen molar-refractivity contribution in [1.82, 2.24) is 14.8 Å². The fourth-order valence-corrected chi connectivity index (χ4v) is 4.17. The van der Waals surface area contributed by atoms with Crippen LogP contribution in [0.2, 0.25) is 0 Å². The lowest BCUT2D eigenvalue weighted by molar-refractivity contribution is -0.134. The van der Waals surface area contributed by atoms with Crippen molar-refractivity contribution in [1.29, 1.82) is 0 Å². The van der Waals surface area contributed by atoms with Crippen LogP contribution in [0.5, 0.6) is 0 Å². The fourth-order valence-electron chi connectivity index (χ4n) is 3.34. The third kappa shape index (κ3) is 3.96. The Bertz CT molecular complexity index is 785. The lowest BCUT2D eigenvalue weighted by Gasteiger charge is -2.22. The molecule has 1 aliphatic heterocycles. The number of carbonyl (C=O) groups excluding carboxylic acids is 2. The number of hydrogen-bond acceptors (Lipinski definition) is 4. The zero-order valence-corrected chi connectivity index (χ0v) is 15.6. The number of nitrogens with zero attached hydrogens (tertiary/aromatic N) is 3. The molecule has 2 heterocycles. The van der Waals surface area contributed by atoms with Gasteiger partial charge >= 0.3 is 0 Å². The highest BCUT2D eigenvalue weighted by Crippen LogP contribution is 2.31. The second-order valence-corrected chi connectivity index (χ2v) is 7.88. The minimum atomic E-state index is 0.107. The van der Waals surface area contributed by atoms with Gasteiger partial charge in [-0.2, -0.15) is 0 Å². The van der Waals surface area contributed by atoms with E-state index in [1.54, 1.807) is 11.3 Å². The number of thiazole rings is 1. The molecule has 1 saturated heterocycles. The van der Waals surface area contributed by atoms with E-state index < -0.39 is 0 Å². The zero-order valence-electron chi connectivity index (χ0n) is 14.8. The minimum Gasteiger partial charge on any atom is -0.341 e. The summed E-state index contributed by atoms with van der Waals surface area (Å²) in [6.07, 6.45) is 3.26. The molecule has 2 fully saturated rings. The highest BCUT2D eigenvalue weighted by molar-refractivity contribution is 7.13. The number of hydrogen-bond donors (Lipinski definition) is 0. The van der Waals surface area contributed by atoms with Crippen molar-refractivity contribution in [2.75, 3.05) is 26.2 Å². The van der Waals surface area contributed by atoms with Crippen molar-refractivity contribution in [3.05, 3.63) is 41.4 Å². The van der Waals surface area contributed by atoms with Crippen molar-refractivity contribution in [2.24, 2.45) is 5.92 Å². The van der Waals surface area contributed by atoms with E-state index in [0.29, 0.717) is 19.5 Å². The molecule has 2 aromatic rings. The Kier molecular flexibility index (Phi) is 5.02. The number of amides is 2. The number of rotatable bonds is 4. The molecular formula is C20H23N3O2S. The Labute approximate surface area is 157 Å². The minimum absolute atomic E-state index is 0.107. The molecule has 2 aliphatic rings. The standard InChI is InChI=1S/C20H23N3O2S/c24-18(13-17-14-26-19(21-17)15-5-2-1-3-6-15)22-9-4-10-23(12-11-22)20(25)16-7-8-16/h1-3,5-6,14,16H,4,7-13H2. The summed E-state index contributed by atoms with van der Waals surface area (Å²) in [5.41, 5.74) is 1.91. The van der Waals surface area contributed by atoms with E-state index in [1.165, 1.54) is 0 Å². The second-order valence-electron chi connectivity index (χ2n) is 7.02. The van der Waals surface area contributed by atoms with Gasteiger partial charge in [0.15, 0.2) is 0 Å². The molecule has 0 atom stereocenters. The molecule has 136 valence electrons. The topological polar surface area (TPSA) is 53.5 Å². The first kappa shape index (κ1) is 17.2. The van der Waals surface area contributed by atoms with Gasteiger partial charge in [-0.15, -0.1) is 11.3 Å². The summed E-state index contributed by atoms with van der Waals surface area (Å²) < 4.78 is 0. The lowest BCUT2D eigenvalue weighted by atomic mass is 10.2. The van der Waals surface area contributed by atoms with E-state index in [9.17, 15) is 9.59 Å². The largest absolute Gasteiger partial charge is 0.341 e. The van der Waals surface area contributed by atoms with Gasteiger partial charge in [0.05, 0.1) is 12.1 Å². The molecule has 0 spiro atoms. The maximum Gasteiger partial charge on any atom is 0.228 e. The third-order valence-corrected chi connectivity index (χ3v) is 5.93. The summed E-state index contributed by atoms with van der Waals surface area (Å²) in [6.45, 7) is 2.79. The van der Waals surface area contributed by atoms with Gasteiger partial charge in [-0.05, 0) is 19.3 Å². The van der Waals surface area contributed by atoms with Gasteiger partial charge in [0, 0.05) is 43.0 Å². The number of aromatic nitrogens is 1. The molecule has 0 unspecified atom stereocenters. The monoisotopic (exact) mass is 369 g/mol. The van der Waals surface area contributed by atoms with Crippen LogP contribution >= 0.6 is 11.3 Å². The Morgan fingerprint density at radius 1 is 1.04 bits per heavy atom. The molecule has 0 bridgehead atoms.